The van der Waals surface area contributed by atoms with Crippen LogP contribution < -0.4 is 21.7 Å². The average Bonchev–Trinajstić information content (AvgIpc) is 2.03. The Hall–Kier alpha value is 0.130. The van der Waals surface area contributed by atoms with E-state index >= 15 is 0 Å². The Morgan fingerprint density at radius 2 is 2.18 bits per heavy atom. The highest BCUT2D eigenvalue weighted by Crippen LogP contribution is 1.98. The molecule has 0 bridgehead atoms. The van der Waals surface area contributed by atoms with Crippen LogP contribution in [0.5, 0.6) is 0 Å². The van der Waals surface area contributed by atoms with Gasteiger partial charge in [0.2, 0.25) is 0 Å². The first-order valence-corrected chi connectivity index (χ1v) is 4.32. The van der Waals surface area contributed by atoms with Gasteiger partial charge in [0.05, 0.1) is 6.17 Å². The molecule has 11 heavy (non-hydrogen) atoms. The normalized spacial score (nSPS) is 32.2. The van der Waals surface area contributed by atoms with Crippen LogP contribution in [0.2, 0.25) is 0 Å². The number of hydrogen-bond acceptors (Lipinski definition) is 4. The van der Waals surface area contributed by atoms with Crippen LogP contribution in [0.3, 0.4) is 0 Å². The first kappa shape index (κ1) is 9.22. The zero-order valence-electron chi connectivity index (χ0n) is 6.44. The molecule has 0 unspecified atom stereocenters. The molecule has 66 valence electrons. The number of hydrogen-bond donors (Lipinski definition) is 4. The van der Waals surface area contributed by atoms with Crippen molar-refractivity contribution in [3.63, 3.8) is 0 Å². The van der Waals surface area contributed by atoms with Gasteiger partial charge in [0.15, 0.2) is 0 Å². The third-order valence-corrected chi connectivity index (χ3v) is 2.04. The Kier molecular flexibility index (Phi) is 4.11. The smallest absolute Gasteiger partial charge is 0.111 e. The maximum absolute atomic E-state index is 5.94. The molecule has 1 saturated heterocycles. The van der Waals surface area contributed by atoms with Crippen LogP contribution in [0.4, 0.5) is 0 Å². The Bertz CT molecular complexity index is 111. The van der Waals surface area contributed by atoms with Crippen LogP contribution in [0.15, 0.2) is 0 Å². The second-order valence-corrected chi connectivity index (χ2v) is 3.00. The molecule has 0 aromatic heterocycles. The molecule has 1 aliphatic heterocycles. The summed E-state index contributed by atoms with van der Waals surface area (Å²) in [5, 5.41) is 9.57. The highest BCUT2D eigenvalue weighted by Gasteiger charge is 2.20. The number of piperazine rings is 1. The number of rotatable bonds is 3. The van der Waals surface area contributed by atoms with Crippen LogP contribution in [0.1, 0.15) is 0 Å². The molecule has 0 aliphatic carbocycles. The van der Waals surface area contributed by atoms with Crippen LogP contribution in [-0.2, 0) is 0 Å². The molecular weight excluding hydrogens is 164 g/mol. The van der Waals surface area contributed by atoms with E-state index in [0.717, 1.165) is 19.6 Å². The van der Waals surface area contributed by atoms with E-state index in [0.29, 0.717) is 6.54 Å². The summed E-state index contributed by atoms with van der Waals surface area (Å²) < 4.78 is 0. The second kappa shape index (κ2) is 4.90. The van der Waals surface area contributed by atoms with Gasteiger partial charge in [0.1, 0.15) is 5.50 Å². The molecule has 1 fully saturated rings. The monoisotopic (exact) mass is 178 g/mol. The lowest BCUT2D eigenvalue weighted by Crippen LogP contribution is -2.60. The largest absolute Gasteiger partial charge is 0.329 e. The lowest BCUT2D eigenvalue weighted by Gasteiger charge is -2.30. The van der Waals surface area contributed by atoms with E-state index in [1.54, 1.807) is 0 Å². The highest BCUT2D eigenvalue weighted by atomic mass is 35.5. The first-order chi connectivity index (χ1) is 5.34. The summed E-state index contributed by atoms with van der Waals surface area (Å²) in [4.78, 5) is 0. The molecule has 0 saturated carbocycles. The number of nitrogens with one attached hydrogen (secondary N) is 3. The first-order valence-electron chi connectivity index (χ1n) is 3.89. The van der Waals surface area contributed by atoms with Gasteiger partial charge in [-0.05, 0) is 0 Å². The predicted molar refractivity (Wildman–Crippen MR) is 46.5 cm³/mol. The van der Waals surface area contributed by atoms with Gasteiger partial charge in [0.25, 0.3) is 0 Å². The summed E-state index contributed by atoms with van der Waals surface area (Å²) in [6, 6.07) is 0. The summed E-state index contributed by atoms with van der Waals surface area (Å²) in [6.07, 6.45) is 0.147. The molecule has 5 heteroatoms. The van der Waals surface area contributed by atoms with E-state index in [2.05, 4.69) is 16.0 Å². The van der Waals surface area contributed by atoms with Crippen molar-refractivity contribution in [2.75, 3.05) is 26.2 Å². The zero-order chi connectivity index (χ0) is 8.10. The maximum atomic E-state index is 5.94. The van der Waals surface area contributed by atoms with Gasteiger partial charge in [-0.1, -0.05) is 0 Å². The lowest BCUT2D eigenvalue weighted by atomic mass is 10.3. The Morgan fingerprint density at radius 1 is 1.45 bits per heavy atom. The summed E-state index contributed by atoms with van der Waals surface area (Å²) >= 11 is 5.94. The minimum absolute atomic E-state index is 0.0321. The van der Waals surface area contributed by atoms with Crippen LogP contribution >= 0.6 is 11.6 Å². The lowest BCUT2D eigenvalue weighted by molar-refractivity contribution is 0.337. The van der Waals surface area contributed by atoms with Gasteiger partial charge >= 0.3 is 0 Å². The molecule has 0 radical (unpaired) electrons. The molecular formula is C6H15ClN4. The van der Waals surface area contributed by atoms with Crippen molar-refractivity contribution in [3.05, 3.63) is 0 Å². The fourth-order valence-corrected chi connectivity index (χ4v) is 1.36. The molecule has 0 spiro atoms. The molecule has 0 aromatic rings. The summed E-state index contributed by atoms with van der Waals surface area (Å²) in [5.74, 6) is 0. The Morgan fingerprint density at radius 3 is 2.82 bits per heavy atom. The van der Waals surface area contributed by atoms with Gasteiger partial charge in [-0.3, -0.25) is 16.0 Å². The minimum atomic E-state index is -0.0321. The van der Waals surface area contributed by atoms with E-state index < -0.39 is 0 Å². The summed E-state index contributed by atoms with van der Waals surface area (Å²) in [6.45, 7) is 3.31. The van der Waals surface area contributed by atoms with Crippen LogP contribution in [0.25, 0.3) is 0 Å². The van der Waals surface area contributed by atoms with Crippen molar-refractivity contribution in [3.8, 4) is 0 Å². The zero-order valence-corrected chi connectivity index (χ0v) is 7.19. The Labute approximate surface area is 71.9 Å². The van der Waals surface area contributed by atoms with Gasteiger partial charge in [-0.15, -0.1) is 11.6 Å². The number of alkyl halides is 1. The Balaban J connectivity index is 2.18. The van der Waals surface area contributed by atoms with Gasteiger partial charge in [-0.25, -0.2) is 0 Å². The molecule has 1 heterocycles. The quantitative estimate of drug-likeness (QED) is 0.318. The predicted octanol–water partition coefficient (Wildman–Crippen LogP) is -1.38. The van der Waals surface area contributed by atoms with E-state index in [1.807, 2.05) is 0 Å². The SMILES string of the molecule is NCCN[C@H]1NCCN[C@H]1Cl. The average molecular weight is 179 g/mol. The summed E-state index contributed by atoms with van der Waals surface area (Å²) in [5.41, 5.74) is 5.31. The van der Waals surface area contributed by atoms with Crippen molar-refractivity contribution in [2.45, 2.75) is 11.7 Å². The fourth-order valence-electron chi connectivity index (χ4n) is 1.07. The summed E-state index contributed by atoms with van der Waals surface area (Å²) in [7, 11) is 0. The van der Waals surface area contributed by atoms with Crippen molar-refractivity contribution >= 4 is 11.6 Å². The topological polar surface area (TPSA) is 62.1 Å². The van der Waals surface area contributed by atoms with Crippen molar-refractivity contribution in [1.29, 1.82) is 0 Å². The van der Waals surface area contributed by atoms with E-state index in [1.165, 1.54) is 0 Å². The second-order valence-electron chi connectivity index (χ2n) is 2.53. The van der Waals surface area contributed by atoms with Crippen molar-refractivity contribution < 1.29 is 0 Å². The maximum Gasteiger partial charge on any atom is 0.111 e. The van der Waals surface area contributed by atoms with Crippen LogP contribution in [-0.4, -0.2) is 37.8 Å². The van der Waals surface area contributed by atoms with Crippen molar-refractivity contribution in [1.82, 2.24) is 16.0 Å². The fraction of sp³-hybridized carbons (Fsp3) is 1.00. The van der Waals surface area contributed by atoms with Crippen molar-refractivity contribution in [2.24, 2.45) is 5.73 Å². The molecule has 1 aliphatic rings. The number of nitrogens with two attached hydrogens (primary N) is 1. The molecule has 1 rings (SSSR count). The van der Waals surface area contributed by atoms with Gasteiger partial charge in [0, 0.05) is 26.2 Å². The molecule has 5 N–H and O–H groups in total. The molecule has 4 nitrogen and oxygen atoms in total. The van der Waals surface area contributed by atoms with E-state index in [9.17, 15) is 0 Å². The highest BCUT2D eigenvalue weighted by molar-refractivity contribution is 6.20. The van der Waals surface area contributed by atoms with Gasteiger partial charge < -0.3 is 5.73 Å². The third kappa shape index (κ3) is 2.92. The minimum Gasteiger partial charge on any atom is -0.329 e. The standard InChI is InChI=1S/C6H15ClN4/c7-5-6(10-2-1-8)11-4-3-9-5/h5-6,9-11H,1-4,8H2/t5-,6+/m1/s1. The third-order valence-electron chi connectivity index (χ3n) is 1.63. The van der Waals surface area contributed by atoms with Gasteiger partial charge in [-0.2, -0.15) is 0 Å². The molecule has 0 amide bonds. The number of halogens is 1. The van der Waals surface area contributed by atoms with Crippen LogP contribution in [0, 0.1) is 0 Å². The van der Waals surface area contributed by atoms with E-state index in [-0.39, 0.29) is 11.7 Å². The molecule has 2 atom stereocenters. The van der Waals surface area contributed by atoms with E-state index in [4.69, 9.17) is 17.3 Å². The molecule has 0 aromatic carbocycles.